The zero-order valence-electron chi connectivity index (χ0n) is 5.79. The number of hydrazone groups is 1. The number of hydrogen-bond acceptors (Lipinski definition) is 3. The maximum absolute atomic E-state index is 8.43. The summed E-state index contributed by atoms with van der Waals surface area (Å²) in [4.78, 5) is 0. The molecule has 0 aliphatic carbocycles. The molecule has 0 rings (SSSR count). The summed E-state index contributed by atoms with van der Waals surface area (Å²) in [5, 5.41) is 12.3. The van der Waals surface area contributed by atoms with Crippen molar-refractivity contribution < 1.29 is 5.11 Å². The largest absolute Gasteiger partial charge is 0.396 e. The summed E-state index contributed by atoms with van der Waals surface area (Å²) < 4.78 is 0. The number of aliphatic hydroxyl groups excluding tert-OH is 1. The number of nitrogens with one attached hydrogen (secondary N) is 1. The van der Waals surface area contributed by atoms with E-state index in [9.17, 15) is 0 Å². The first kappa shape index (κ1) is 9.32. The van der Waals surface area contributed by atoms with Crippen LogP contribution in [0.4, 0.5) is 0 Å². The fourth-order valence-electron chi connectivity index (χ4n) is 0.368. The third-order valence-corrected chi connectivity index (χ3v) is 0.922. The van der Waals surface area contributed by atoms with Gasteiger partial charge in [-0.2, -0.15) is 5.10 Å². The van der Waals surface area contributed by atoms with Crippen LogP contribution in [0.25, 0.3) is 0 Å². The Labute approximate surface area is 65.1 Å². The van der Waals surface area contributed by atoms with Gasteiger partial charge in [-0.1, -0.05) is 0 Å². The van der Waals surface area contributed by atoms with Crippen LogP contribution in [-0.2, 0) is 0 Å². The van der Waals surface area contributed by atoms with Gasteiger partial charge >= 0.3 is 0 Å². The van der Waals surface area contributed by atoms with E-state index in [1.807, 2.05) is 0 Å². The number of rotatable bonds is 3. The standard InChI is InChI=1S/C5H11N3OS/c1-4(2-3-9)7-8-5(6)10/h9H,2-3H2,1H3,(H3,6,8,10). The van der Waals surface area contributed by atoms with E-state index in [0.29, 0.717) is 6.42 Å². The monoisotopic (exact) mass is 161 g/mol. The van der Waals surface area contributed by atoms with E-state index < -0.39 is 0 Å². The molecule has 0 aliphatic heterocycles. The lowest BCUT2D eigenvalue weighted by Crippen LogP contribution is -2.25. The summed E-state index contributed by atoms with van der Waals surface area (Å²) in [6.07, 6.45) is 0.537. The van der Waals surface area contributed by atoms with Crippen molar-refractivity contribution in [3.63, 3.8) is 0 Å². The molecule has 0 spiro atoms. The average Bonchev–Trinajstić information content (AvgIpc) is 1.85. The second kappa shape index (κ2) is 5.13. The van der Waals surface area contributed by atoms with Crippen molar-refractivity contribution in [1.82, 2.24) is 5.43 Å². The number of aliphatic hydroxyl groups is 1. The molecule has 0 aliphatic rings. The molecule has 4 nitrogen and oxygen atoms in total. The van der Waals surface area contributed by atoms with Crippen molar-refractivity contribution >= 4 is 23.0 Å². The van der Waals surface area contributed by atoms with Crippen LogP contribution in [0, 0.1) is 0 Å². The molecule has 0 heterocycles. The molecule has 0 amide bonds. The Hall–Kier alpha value is -0.680. The topological polar surface area (TPSA) is 70.6 Å². The molecule has 0 radical (unpaired) electrons. The Morgan fingerprint density at radius 2 is 2.40 bits per heavy atom. The van der Waals surface area contributed by atoms with Crippen molar-refractivity contribution in [2.24, 2.45) is 10.8 Å². The summed E-state index contributed by atoms with van der Waals surface area (Å²) in [5.41, 5.74) is 8.28. The van der Waals surface area contributed by atoms with Gasteiger partial charge in [0.2, 0.25) is 0 Å². The summed E-state index contributed by atoms with van der Waals surface area (Å²) in [7, 11) is 0. The maximum Gasteiger partial charge on any atom is 0.184 e. The highest BCUT2D eigenvalue weighted by molar-refractivity contribution is 7.80. The maximum atomic E-state index is 8.43. The first-order valence-corrected chi connectivity index (χ1v) is 3.27. The third-order valence-electron chi connectivity index (χ3n) is 0.831. The molecule has 0 bridgehead atoms. The summed E-state index contributed by atoms with van der Waals surface area (Å²) in [6.45, 7) is 1.87. The van der Waals surface area contributed by atoms with E-state index in [1.165, 1.54) is 0 Å². The Kier molecular flexibility index (Phi) is 4.78. The lowest BCUT2D eigenvalue weighted by atomic mass is 10.3. The van der Waals surface area contributed by atoms with Crippen molar-refractivity contribution in [2.75, 3.05) is 6.61 Å². The van der Waals surface area contributed by atoms with Gasteiger partial charge in [-0.3, -0.25) is 5.43 Å². The molecule has 58 valence electrons. The first-order chi connectivity index (χ1) is 4.66. The normalized spacial score (nSPS) is 11.2. The molecule has 10 heavy (non-hydrogen) atoms. The molecule has 0 saturated carbocycles. The minimum atomic E-state index is 0.0916. The number of nitrogens with zero attached hydrogens (tertiary/aromatic N) is 1. The fraction of sp³-hybridized carbons (Fsp3) is 0.600. The van der Waals surface area contributed by atoms with Crippen LogP contribution in [0.3, 0.4) is 0 Å². The fourth-order valence-corrected chi connectivity index (χ4v) is 0.414. The molecule has 5 heteroatoms. The summed E-state index contributed by atoms with van der Waals surface area (Å²) in [5.74, 6) is 0. The molecular formula is C5H11N3OS. The second-order valence-electron chi connectivity index (χ2n) is 1.80. The Bertz CT molecular complexity index is 146. The van der Waals surface area contributed by atoms with Gasteiger partial charge in [0.05, 0.1) is 0 Å². The molecule has 0 atom stereocenters. The van der Waals surface area contributed by atoms with Crippen molar-refractivity contribution in [1.29, 1.82) is 0 Å². The molecule has 0 unspecified atom stereocenters. The number of thiocarbonyl (C=S) groups is 1. The van der Waals surface area contributed by atoms with Gasteiger partial charge in [0.25, 0.3) is 0 Å². The molecule has 0 saturated heterocycles. The van der Waals surface area contributed by atoms with Gasteiger partial charge in [0.15, 0.2) is 5.11 Å². The average molecular weight is 161 g/mol. The molecule has 0 fully saturated rings. The third kappa shape index (κ3) is 5.46. The van der Waals surface area contributed by atoms with E-state index in [0.717, 1.165) is 5.71 Å². The van der Waals surface area contributed by atoms with E-state index in [2.05, 4.69) is 22.7 Å². The summed E-state index contributed by atoms with van der Waals surface area (Å²) >= 11 is 4.50. The van der Waals surface area contributed by atoms with Crippen LogP contribution in [-0.4, -0.2) is 22.5 Å². The van der Waals surface area contributed by atoms with E-state index in [-0.39, 0.29) is 11.7 Å². The van der Waals surface area contributed by atoms with Crippen molar-refractivity contribution in [3.8, 4) is 0 Å². The highest BCUT2D eigenvalue weighted by Gasteiger charge is 1.88. The second-order valence-corrected chi connectivity index (χ2v) is 2.24. The predicted molar refractivity (Wildman–Crippen MR) is 44.7 cm³/mol. The number of nitrogens with two attached hydrogens (primary N) is 1. The van der Waals surface area contributed by atoms with E-state index in [4.69, 9.17) is 10.8 Å². The van der Waals surface area contributed by atoms with Crippen LogP contribution < -0.4 is 11.2 Å². The predicted octanol–water partition coefficient (Wildman–Crippen LogP) is -0.422. The minimum Gasteiger partial charge on any atom is -0.396 e. The molecule has 0 aromatic rings. The quantitative estimate of drug-likeness (QED) is 0.298. The summed E-state index contributed by atoms with van der Waals surface area (Å²) in [6, 6.07) is 0. The molecule has 4 N–H and O–H groups in total. The molecule has 0 aromatic carbocycles. The number of hydrogen-bond donors (Lipinski definition) is 3. The van der Waals surface area contributed by atoms with Crippen LogP contribution in [0.15, 0.2) is 5.10 Å². The van der Waals surface area contributed by atoms with Gasteiger partial charge in [-0.05, 0) is 19.1 Å². The van der Waals surface area contributed by atoms with Crippen LogP contribution in [0.5, 0.6) is 0 Å². The zero-order chi connectivity index (χ0) is 7.98. The molecular weight excluding hydrogens is 150 g/mol. The van der Waals surface area contributed by atoms with Gasteiger partial charge in [-0.25, -0.2) is 0 Å². The van der Waals surface area contributed by atoms with Gasteiger partial charge in [-0.15, -0.1) is 0 Å². The van der Waals surface area contributed by atoms with Crippen LogP contribution in [0.2, 0.25) is 0 Å². The van der Waals surface area contributed by atoms with Crippen molar-refractivity contribution in [2.45, 2.75) is 13.3 Å². The highest BCUT2D eigenvalue weighted by Crippen LogP contribution is 1.81. The van der Waals surface area contributed by atoms with Gasteiger partial charge in [0.1, 0.15) is 0 Å². The Balaban J connectivity index is 3.57. The highest BCUT2D eigenvalue weighted by atomic mass is 32.1. The first-order valence-electron chi connectivity index (χ1n) is 2.86. The molecule has 0 aromatic heterocycles. The minimum absolute atomic E-state index is 0.0916. The Morgan fingerprint density at radius 1 is 1.80 bits per heavy atom. The van der Waals surface area contributed by atoms with E-state index >= 15 is 0 Å². The van der Waals surface area contributed by atoms with Gasteiger partial charge < -0.3 is 10.8 Å². The Morgan fingerprint density at radius 3 is 2.80 bits per heavy atom. The lowest BCUT2D eigenvalue weighted by molar-refractivity contribution is 0.307. The van der Waals surface area contributed by atoms with E-state index in [1.54, 1.807) is 6.92 Å². The lowest BCUT2D eigenvalue weighted by Gasteiger charge is -1.97. The van der Waals surface area contributed by atoms with Crippen LogP contribution >= 0.6 is 12.2 Å². The zero-order valence-corrected chi connectivity index (χ0v) is 6.61. The smallest absolute Gasteiger partial charge is 0.184 e. The van der Waals surface area contributed by atoms with Crippen LogP contribution in [0.1, 0.15) is 13.3 Å². The SMILES string of the molecule is CC(CCO)=NNC(N)=S. The van der Waals surface area contributed by atoms with Gasteiger partial charge in [0, 0.05) is 18.7 Å². The van der Waals surface area contributed by atoms with Crippen molar-refractivity contribution in [3.05, 3.63) is 0 Å².